The molecule has 1 fully saturated rings. The molecule has 33 heavy (non-hydrogen) atoms. The number of nitrogens with zero attached hydrogens (tertiary/aromatic N) is 3. The Labute approximate surface area is 196 Å². The number of pyridine rings is 1. The fraction of sp³-hybridized carbons (Fsp3) is 0.680. The molecule has 182 valence electrons. The predicted molar refractivity (Wildman–Crippen MR) is 125 cm³/mol. The largest absolute Gasteiger partial charge is 0.472 e. The molecule has 0 aliphatic carbocycles. The molecule has 0 spiro atoms. The van der Waals surface area contributed by atoms with E-state index in [1.54, 1.807) is 24.1 Å². The molecule has 8 heteroatoms. The summed E-state index contributed by atoms with van der Waals surface area (Å²) in [5.41, 5.74) is 0.863. The summed E-state index contributed by atoms with van der Waals surface area (Å²) in [6, 6.07) is 1.33. The molecule has 2 aliphatic rings. The molecule has 1 amide bonds. The Morgan fingerprint density at radius 2 is 2.03 bits per heavy atom. The number of ether oxygens (including phenoxy) is 2. The van der Waals surface area contributed by atoms with E-state index in [1.807, 2.05) is 6.92 Å². The lowest BCUT2D eigenvalue weighted by Crippen LogP contribution is -2.50. The maximum Gasteiger partial charge on any atom is 0.259 e. The zero-order chi connectivity index (χ0) is 24.0. The van der Waals surface area contributed by atoms with Crippen LogP contribution in [0.3, 0.4) is 0 Å². The topological polar surface area (TPSA) is 95.4 Å². The molecule has 2 N–H and O–H groups in total. The number of aliphatic hydroxyl groups excluding tert-OH is 2. The van der Waals surface area contributed by atoms with Gasteiger partial charge in [-0.05, 0) is 45.7 Å². The normalized spacial score (nSPS) is 23.6. The molecular formula is C25H37N3O5. The number of hydrogen-bond donors (Lipinski definition) is 2. The number of carbonyl (C=O) groups excluding carboxylic acids is 1. The van der Waals surface area contributed by atoms with E-state index in [0.29, 0.717) is 30.1 Å². The van der Waals surface area contributed by atoms with E-state index in [1.165, 1.54) is 0 Å². The number of amides is 1. The van der Waals surface area contributed by atoms with Gasteiger partial charge in [0, 0.05) is 50.5 Å². The summed E-state index contributed by atoms with van der Waals surface area (Å²) in [6.07, 6.45) is 2.76. The second-order valence-corrected chi connectivity index (χ2v) is 9.42. The SMILES string of the molecule is C[C@@H]1CN([C@H](C)CO)C(=O)c2cc(C#C[C@@H](C)O)cnc2O[C@H]1CN(C)CC1CCOCC1. The van der Waals surface area contributed by atoms with Crippen molar-refractivity contribution in [1.82, 2.24) is 14.8 Å². The molecular weight excluding hydrogens is 422 g/mol. The van der Waals surface area contributed by atoms with Crippen molar-refractivity contribution in [3.8, 4) is 17.7 Å². The highest BCUT2D eigenvalue weighted by Crippen LogP contribution is 2.27. The van der Waals surface area contributed by atoms with Gasteiger partial charge in [0.25, 0.3) is 5.91 Å². The minimum Gasteiger partial charge on any atom is -0.472 e. The average Bonchev–Trinajstić information content (AvgIpc) is 2.80. The van der Waals surface area contributed by atoms with Crippen molar-refractivity contribution in [3.63, 3.8) is 0 Å². The third kappa shape index (κ3) is 6.90. The lowest BCUT2D eigenvalue weighted by atomic mass is 9.97. The van der Waals surface area contributed by atoms with Gasteiger partial charge in [0.15, 0.2) is 0 Å². The summed E-state index contributed by atoms with van der Waals surface area (Å²) >= 11 is 0. The van der Waals surface area contributed by atoms with Crippen molar-refractivity contribution in [2.45, 2.75) is 51.9 Å². The second kappa shape index (κ2) is 11.8. The van der Waals surface area contributed by atoms with Gasteiger partial charge in [0.05, 0.1) is 12.6 Å². The molecule has 3 rings (SSSR count). The van der Waals surface area contributed by atoms with Crippen molar-refractivity contribution < 1.29 is 24.5 Å². The number of aliphatic hydroxyl groups is 2. The van der Waals surface area contributed by atoms with Gasteiger partial charge in [-0.25, -0.2) is 4.98 Å². The third-order valence-electron chi connectivity index (χ3n) is 6.35. The van der Waals surface area contributed by atoms with Gasteiger partial charge in [-0.15, -0.1) is 0 Å². The standard InChI is InChI=1S/C25H37N3O5/c1-17-13-28(18(2)16-29)25(31)22-11-21(6-5-19(3)30)12-26-24(22)33-23(17)15-27(4)14-20-7-9-32-10-8-20/h11-12,17-20,23,29-30H,7-10,13-16H2,1-4H3/t17-,18-,19-,23+/m1/s1. The quantitative estimate of drug-likeness (QED) is 0.621. The molecule has 0 unspecified atom stereocenters. The van der Waals surface area contributed by atoms with Crippen LogP contribution in [0.25, 0.3) is 0 Å². The van der Waals surface area contributed by atoms with Gasteiger partial charge in [-0.2, -0.15) is 0 Å². The van der Waals surface area contributed by atoms with Gasteiger partial charge in [-0.3, -0.25) is 4.79 Å². The Balaban J connectivity index is 1.86. The van der Waals surface area contributed by atoms with E-state index in [4.69, 9.17) is 9.47 Å². The monoisotopic (exact) mass is 459 g/mol. The van der Waals surface area contributed by atoms with Crippen LogP contribution in [-0.4, -0.2) is 95.7 Å². The van der Waals surface area contributed by atoms with Gasteiger partial charge in [-0.1, -0.05) is 18.8 Å². The van der Waals surface area contributed by atoms with Crippen LogP contribution in [0.1, 0.15) is 49.5 Å². The highest BCUT2D eigenvalue weighted by molar-refractivity contribution is 5.97. The Bertz CT molecular complexity index is 859. The summed E-state index contributed by atoms with van der Waals surface area (Å²) < 4.78 is 11.8. The van der Waals surface area contributed by atoms with Crippen LogP contribution in [-0.2, 0) is 4.74 Å². The van der Waals surface area contributed by atoms with Crippen LogP contribution in [0, 0.1) is 23.7 Å². The third-order valence-corrected chi connectivity index (χ3v) is 6.35. The minimum atomic E-state index is -0.777. The Hall–Kier alpha value is -2.18. The first-order chi connectivity index (χ1) is 15.8. The smallest absolute Gasteiger partial charge is 0.259 e. The van der Waals surface area contributed by atoms with Crippen molar-refractivity contribution in [3.05, 3.63) is 23.4 Å². The molecule has 4 atom stereocenters. The zero-order valence-electron chi connectivity index (χ0n) is 20.2. The van der Waals surface area contributed by atoms with Crippen LogP contribution in [0.2, 0.25) is 0 Å². The molecule has 3 heterocycles. The van der Waals surface area contributed by atoms with Crippen LogP contribution in [0.15, 0.2) is 12.3 Å². The van der Waals surface area contributed by atoms with Gasteiger partial charge >= 0.3 is 0 Å². The number of likely N-dealkylation sites (N-methyl/N-ethyl adjacent to an activating group) is 1. The van der Waals surface area contributed by atoms with Gasteiger partial charge in [0.1, 0.15) is 17.8 Å². The predicted octanol–water partition coefficient (Wildman–Crippen LogP) is 1.39. The van der Waals surface area contributed by atoms with Crippen molar-refractivity contribution in [2.75, 3.05) is 46.5 Å². The van der Waals surface area contributed by atoms with E-state index in [2.05, 4.69) is 35.7 Å². The maximum atomic E-state index is 13.4. The van der Waals surface area contributed by atoms with E-state index >= 15 is 0 Å². The summed E-state index contributed by atoms with van der Waals surface area (Å²) in [7, 11) is 2.10. The van der Waals surface area contributed by atoms with Gasteiger partial charge in [0.2, 0.25) is 5.88 Å². The van der Waals surface area contributed by atoms with Gasteiger partial charge < -0.3 is 29.5 Å². The maximum absolute atomic E-state index is 13.4. The van der Waals surface area contributed by atoms with Crippen LogP contribution in [0.5, 0.6) is 5.88 Å². The summed E-state index contributed by atoms with van der Waals surface area (Å²) in [5, 5.41) is 19.3. The average molecular weight is 460 g/mol. The van der Waals surface area contributed by atoms with E-state index in [9.17, 15) is 15.0 Å². The molecule has 8 nitrogen and oxygen atoms in total. The number of rotatable bonds is 6. The van der Waals surface area contributed by atoms with E-state index in [-0.39, 0.29) is 36.5 Å². The molecule has 2 aliphatic heterocycles. The lowest BCUT2D eigenvalue weighted by molar-refractivity contribution is 0.0254. The first kappa shape index (κ1) is 25.4. The molecule has 0 radical (unpaired) electrons. The molecule has 1 saturated heterocycles. The molecule has 0 bridgehead atoms. The Morgan fingerprint density at radius 1 is 1.30 bits per heavy atom. The Morgan fingerprint density at radius 3 is 2.70 bits per heavy atom. The first-order valence-electron chi connectivity index (χ1n) is 11.8. The van der Waals surface area contributed by atoms with E-state index < -0.39 is 6.10 Å². The number of carbonyl (C=O) groups is 1. The van der Waals surface area contributed by atoms with Crippen LogP contribution in [0.4, 0.5) is 0 Å². The van der Waals surface area contributed by atoms with Crippen LogP contribution < -0.4 is 4.74 Å². The summed E-state index contributed by atoms with van der Waals surface area (Å²) in [4.78, 5) is 21.8. The molecule has 1 aromatic rings. The number of hydrogen-bond acceptors (Lipinski definition) is 7. The Kier molecular flexibility index (Phi) is 9.10. The van der Waals surface area contributed by atoms with Crippen molar-refractivity contribution in [2.24, 2.45) is 11.8 Å². The molecule has 0 saturated carbocycles. The lowest BCUT2D eigenvalue weighted by Gasteiger charge is -2.38. The first-order valence-corrected chi connectivity index (χ1v) is 11.8. The molecule has 0 aromatic carbocycles. The van der Waals surface area contributed by atoms with Crippen molar-refractivity contribution in [1.29, 1.82) is 0 Å². The van der Waals surface area contributed by atoms with Crippen LogP contribution >= 0.6 is 0 Å². The minimum absolute atomic E-state index is 0.0461. The summed E-state index contributed by atoms with van der Waals surface area (Å²) in [5.74, 6) is 6.24. The second-order valence-electron chi connectivity index (χ2n) is 9.42. The highest BCUT2D eigenvalue weighted by atomic mass is 16.5. The van der Waals surface area contributed by atoms with E-state index in [0.717, 1.165) is 32.6 Å². The zero-order valence-corrected chi connectivity index (χ0v) is 20.2. The number of aromatic nitrogens is 1. The fourth-order valence-corrected chi connectivity index (χ4v) is 4.33. The fourth-order valence-electron chi connectivity index (χ4n) is 4.33. The van der Waals surface area contributed by atoms with Crippen molar-refractivity contribution >= 4 is 5.91 Å². The highest BCUT2D eigenvalue weighted by Gasteiger charge is 2.34. The molecule has 1 aromatic heterocycles. The summed E-state index contributed by atoms with van der Waals surface area (Å²) in [6.45, 7) is 9.16. The number of fused-ring (bicyclic) bond motifs is 1.